The molecule has 0 bridgehead atoms. The van der Waals surface area contributed by atoms with E-state index in [1.165, 1.54) is 0 Å². The fraction of sp³-hybridized carbons (Fsp3) is 0.333. The lowest BCUT2D eigenvalue weighted by Gasteiger charge is -2.11. The van der Waals surface area contributed by atoms with Gasteiger partial charge in [-0.1, -0.05) is 13.0 Å². The van der Waals surface area contributed by atoms with E-state index in [1.807, 2.05) is 19.2 Å². The van der Waals surface area contributed by atoms with Gasteiger partial charge < -0.3 is 5.11 Å². The van der Waals surface area contributed by atoms with Gasteiger partial charge in [0, 0.05) is 25.0 Å². The van der Waals surface area contributed by atoms with Gasteiger partial charge in [-0.25, -0.2) is 0 Å². The van der Waals surface area contributed by atoms with Gasteiger partial charge in [0.15, 0.2) is 0 Å². The van der Waals surface area contributed by atoms with Crippen LogP contribution >= 0.6 is 0 Å². The highest BCUT2D eigenvalue weighted by molar-refractivity contribution is 5.28. The van der Waals surface area contributed by atoms with Crippen molar-refractivity contribution in [3.05, 3.63) is 47.5 Å². The van der Waals surface area contributed by atoms with E-state index in [-0.39, 0.29) is 0 Å². The smallest absolute Gasteiger partial charge is 0.124 e. The first-order chi connectivity index (χ1) is 7.72. The minimum Gasteiger partial charge on any atom is -0.382 e. The predicted octanol–water partition coefficient (Wildman–Crippen LogP) is 1.46. The average Bonchev–Trinajstić information content (AvgIpc) is 2.75. The van der Waals surface area contributed by atoms with Gasteiger partial charge in [-0.3, -0.25) is 9.67 Å². The number of pyridine rings is 1. The van der Waals surface area contributed by atoms with Crippen molar-refractivity contribution < 1.29 is 5.11 Å². The number of aliphatic hydroxyl groups excluding tert-OH is 1. The largest absolute Gasteiger partial charge is 0.382 e. The van der Waals surface area contributed by atoms with Crippen molar-refractivity contribution >= 4 is 0 Å². The molecule has 1 unspecified atom stereocenters. The van der Waals surface area contributed by atoms with Gasteiger partial charge in [0.2, 0.25) is 0 Å². The number of aromatic nitrogens is 3. The molecule has 4 heteroatoms. The Morgan fingerprint density at radius 2 is 2.31 bits per heavy atom. The summed E-state index contributed by atoms with van der Waals surface area (Å²) in [6.07, 6.45) is 5.34. The fourth-order valence-electron chi connectivity index (χ4n) is 1.74. The van der Waals surface area contributed by atoms with Gasteiger partial charge in [-0.15, -0.1) is 0 Å². The summed E-state index contributed by atoms with van der Waals surface area (Å²) in [7, 11) is 1.83. The van der Waals surface area contributed by atoms with Crippen LogP contribution in [-0.4, -0.2) is 19.9 Å². The molecule has 84 valence electrons. The quantitative estimate of drug-likeness (QED) is 0.846. The van der Waals surface area contributed by atoms with Crippen molar-refractivity contribution in [2.45, 2.75) is 19.4 Å². The Morgan fingerprint density at radius 1 is 1.50 bits per heavy atom. The Morgan fingerprint density at radius 3 is 2.94 bits per heavy atom. The van der Waals surface area contributed by atoms with Gasteiger partial charge in [-0.2, -0.15) is 5.10 Å². The van der Waals surface area contributed by atoms with E-state index in [4.69, 9.17) is 0 Å². The Kier molecular flexibility index (Phi) is 3.01. The predicted molar refractivity (Wildman–Crippen MR) is 60.9 cm³/mol. The number of hydrogen-bond acceptors (Lipinski definition) is 3. The molecule has 2 heterocycles. The van der Waals surface area contributed by atoms with Crippen molar-refractivity contribution in [3.8, 4) is 0 Å². The van der Waals surface area contributed by atoms with E-state index in [0.717, 1.165) is 23.2 Å². The highest BCUT2D eigenvalue weighted by Gasteiger charge is 2.16. The van der Waals surface area contributed by atoms with Crippen LogP contribution in [0.3, 0.4) is 0 Å². The summed E-state index contributed by atoms with van der Waals surface area (Å²) < 4.78 is 1.67. The number of aliphatic hydroxyl groups is 1. The Bertz CT molecular complexity index is 479. The molecule has 0 spiro atoms. The topological polar surface area (TPSA) is 50.9 Å². The minimum atomic E-state index is -0.690. The molecule has 2 aromatic heterocycles. The summed E-state index contributed by atoms with van der Waals surface area (Å²) in [5, 5.41) is 14.2. The minimum absolute atomic E-state index is 0.690. The molecule has 4 nitrogen and oxygen atoms in total. The SMILES string of the molecule is CCc1cccnc1C(O)c1cnn(C)c1. The van der Waals surface area contributed by atoms with Gasteiger partial charge in [0.05, 0.1) is 11.9 Å². The van der Waals surface area contributed by atoms with Crippen LogP contribution in [0.4, 0.5) is 0 Å². The molecule has 0 amide bonds. The van der Waals surface area contributed by atoms with Crippen molar-refractivity contribution in [3.63, 3.8) is 0 Å². The summed E-state index contributed by atoms with van der Waals surface area (Å²) >= 11 is 0. The van der Waals surface area contributed by atoms with E-state index in [9.17, 15) is 5.11 Å². The molecule has 0 saturated heterocycles. The summed E-state index contributed by atoms with van der Waals surface area (Å²) in [4.78, 5) is 4.25. The van der Waals surface area contributed by atoms with Crippen LogP contribution in [0, 0.1) is 0 Å². The fourth-order valence-corrected chi connectivity index (χ4v) is 1.74. The van der Waals surface area contributed by atoms with Crippen molar-refractivity contribution in [2.75, 3.05) is 0 Å². The third-order valence-corrected chi connectivity index (χ3v) is 2.61. The highest BCUT2D eigenvalue weighted by atomic mass is 16.3. The van der Waals surface area contributed by atoms with Crippen molar-refractivity contribution in [1.29, 1.82) is 0 Å². The maximum absolute atomic E-state index is 10.2. The molecular formula is C12H15N3O. The summed E-state index contributed by atoms with van der Waals surface area (Å²) in [6.45, 7) is 2.05. The van der Waals surface area contributed by atoms with Gasteiger partial charge in [0.25, 0.3) is 0 Å². The summed E-state index contributed by atoms with van der Waals surface area (Å²) in [6, 6.07) is 3.88. The van der Waals surface area contributed by atoms with E-state index in [2.05, 4.69) is 17.0 Å². The van der Waals surface area contributed by atoms with Crippen LogP contribution in [0.5, 0.6) is 0 Å². The molecule has 0 aromatic carbocycles. The van der Waals surface area contributed by atoms with Crippen molar-refractivity contribution in [2.24, 2.45) is 7.05 Å². The van der Waals surface area contributed by atoms with Crippen LogP contribution in [0.1, 0.15) is 29.8 Å². The van der Waals surface area contributed by atoms with Crippen LogP contribution in [0.2, 0.25) is 0 Å². The monoisotopic (exact) mass is 217 g/mol. The van der Waals surface area contributed by atoms with Crippen LogP contribution < -0.4 is 0 Å². The maximum atomic E-state index is 10.2. The second kappa shape index (κ2) is 4.45. The third-order valence-electron chi connectivity index (χ3n) is 2.61. The van der Waals surface area contributed by atoms with Crippen LogP contribution in [-0.2, 0) is 13.5 Å². The second-order valence-electron chi connectivity index (χ2n) is 3.75. The number of nitrogens with zero attached hydrogens (tertiary/aromatic N) is 3. The van der Waals surface area contributed by atoms with E-state index < -0.39 is 6.10 Å². The molecule has 1 N–H and O–H groups in total. The second-order valence-corrected chi connectivity index (χ2v) is 3.75. The molecule has 0 fully saturated rings. The Labute approximate surface area is 94.6 Å². The average molecular weight is 217 g/mol. The van der Waals surface area contributed by atoms with Gasteiger partial charge in [-0.05, 0) is 18.1 Å². The van der Waals surface area contributed by atoms with E-state index in [1.54, 1.807) is 23.3 Å². The first-order valence-electron chi connectivity index (χ1n) is 5.32. The molecule has 0 radical (unpaired) electrons. The van der Waals surface area contributed by atoms with Crippen LogP contribution in [0.25, 0.3) is 0 Å². The Hall–Kier alpha value is -1.68. The zero-order valence-corrected chi connectivity index (χ0v) is 9.46. The Balaban J connectivity index is 2.36. The number of aryl methyl sites for hydroxylation is 2. The summed E-state index contributed by atoms with van der Waals surface area (Å²) in [5.74, 6) is 0. The normalized spacial score (nSPS) is 12.7. The maximum Gasteiger partial charge on any atom is 0.124 e. The van der Waals surface area contributed by atoms with E-state index >= 15 is 0 Å². The van der Waals surface area contributed by atoms with Gasteiger partial charge in [0.1, 0.15) is 6.10 Å². The molecule has 0 saturated carbocycles. The lowest BCUT2D eigenvalue weighted by Crippen LogP contribution is -2.05. The lowest BCUT2D eigenvalue weighted by molar-refractivity contribution is 0.214. The zero-order chi connectivity index (χ0) is 11.5. The van der Waals surface area contributed by atoms with Crippen LogP contribution in [0.15, 0.2) is 30.7 Å². The molecule has 0 aliphatic heterocycles. The zero-order valence-electron chi connectivity index (χ0n) is 9.46. The first-order valence-corrected chi connectivity index (χ1v) is 5.32. The number of rotatable bonds is 3. The lowest BCUT2D eigenvalue weighted by atomic mass is 10.0. The number of hydrogen-bond donors (Lipinski definition) is 1. The highest BCUT2D eigenvalue weighted by Crippen LogP contribution is 2.22. The molecule has 0 aliphatic rings. The molecule has 2 aromatic rings. The molecular weight excluding hydrogens is 202 g/mol. The molecule has 2 rings (SSSR count). The van der Waals surface area contributed by atoms with Crippen molar-refractivity contribution in [1.82, 2.24) is 14.8 Å². The molecule has 0 aliphatic carbocycles. The molecule has 16 heavy (non-hydrogen) atoms. The third kappa shape index (κ3) is 1.97. The molecule has 1 atom stereocenters. The van der Waals surface area contributed by atoms with Gasteiger partial charge >= 0.3 is 0 Å². The standard InChI is InChI=1S/C12H15N3O/c1-3-9-5-4-6-13-11(9)12(16)10-7-14-15(2)8-10/h4-8,12,16H,3H2,1-2H3. The summed E-state index contributed by atoms with van der Waals surface area (Å²) in [5.41, 5.74) is 2.56. The first kappa shape index (κ1) is 10.8. The van der Waals surface area contributed by atoms with E-state index in [0.29, 0.717) is 0 Å².